The Bertz CT molecular complexity index is 808. The average Bonchev–Trinajstić information content (AvgIpc) is 3.01. The number of pyridine rings is 1. The predicted molar refractivity (Wildman–Crippen MR) is 80.7 cm³/mol. The van der Waals surface area contributed by atoms with Crippen molar-refractivity contribution < 1.29 is 9.84 Å². The summed E-state index contributed by atoms with van der Waals surface area (Å²) in [5, 5.41) is 12.8. The van der Waals surface area contributed by atoms with Crippen molar-refractivity contribution in [2.24, 2.45) is 0 Å². The van der Waals surface area contributed by atoms with Gasteiger partial charge in [-0.25, -0.2) is 0 Å². The van der Waals surface area contributed by atoms with Gasteiger partial charge in [0.25, 0.3) is 0 Å². The van der Waals surface area contributed by atoms with Crippen LogP contribution >= 0.6 is 0 Å². The third-order valence-corrected chi connectivity index (χ3v) is 4.05. The first-order valence-electron chi connectivity index (χ1n) is 7.03. The Morgan fingerprint density at radius 3 is 2.81 bits per heavy atom. The Morgan fingerprint density at radius 1 is 1.00 bits per heavy atom. The Labute approximate surface area is 122 Å². The molecule has 3 heteroatoms. The molecule has 104 valence electrons. The SMILES string of the molecule is OC(c1ccc2c(c1)COC2)c1cncc2ccccc12. The fourth-order valence-electron chi connectivity index (χ4n) is 2.90. The standard InChI is InChI=1S/C18H15NO2/c20-18(12-5-6-14-10-21-11-15(14)7-12)17-9-19-8-13-3-1-2-4-16(13)17/h1-9,18,20H,10-11H2. The van der Waals surface area contributed by atoms with Gasteiger partial charge in [-0.2, -0.15) is 0 Å². The summed E-state index contributed by atoms with van der Waals surface area (Å²) in [7, 11) is 0. The van der Waals surface area contributed by atoms with Crippen LogP contribution in [-0.4, -0.2) is 10.1 Å². The molecule has 3 nitrogen and oxygen atoms in total. The van der Waals surface area contributed by atoms with E-state index in [-0.39, 0.29) is 0 Å². The molecule has 0 spiro atoms. The number of rotatable bonds is 2. The van der Waals surface area contributed by atoms with Gasteiger partial charge in [-0.05, 0) is 22.1 Å². The summed E-state index contributed by atoms with van der Waals surface area (Å²) in [5.74, 6) is 0. The van der Waals surface area contributed by atoms with E-state index in [2.05, 4.69) is 4.98 Å². The number of fused-ring (bicyclic) bond motifs is 2. The number of aliphatic hydroxyl groups is 1. The van der Waals surface area contributed by atoms with Gasteiger partial charge in [0, 0.05) is 23.3 Å². The minimum Gasteiger partial charge on any atom is -0.384 e. The van der Waals surface area contributed by atoms with Gasteiger partial charge in [-0.15, -0.1) is 0 Å². The average molecular weight is 277 g/mol. The lowest BCUT2D eigenvalue weighted by molar-refractivity contribution is 0.134. The van der Waals surface area contributed by atoms with Crippen LogP contribution in [0.3, 0.4) is 0 Å². The summed E-state index contributed by atoms with van der Waals surface area (Å²) in [6.07, 6.45) is 2.90. The fraction of sp³-hybridized carbons (Fsp3) is 0.167. The van der Waals surface area contributed by atoms with Crippen LogP contribution in [0, 0.1) is 0 Å². The van der Waals surface area contributed by atoms with Crippen LogP contribution in [0.2, 0.25) is 0 Å². The highest BCUT2D eigenvalue weighted by Gasteiger charge is 2.17. The van der Waals surface area contributed by atoms with Crippen LogP contribution in [0.15, 0.2) is 54.9 Å². The molecule has 0 fully saturated rings. The molecule has 0 amide bonds. The molecule has 1 aliphatic rings. The van der Waals surface area contributed by atoms with Gasteiger partial charge in [0.2, 0.25) is 0 Å². The van der Waals surface area contributed by atoms with Crippen LogP contribution in [0.1, 0.15) is 28.4 Å². The first-order chi connectivity index (χ1) is 10.3. The minimum absolute atomic E-state index is 0.629. The molecule has 2 aromatic carbocycles. The number of hydrogen-bond donors (Lipinski definition) is 1. The van der Waals surface area contributed by atoms with Gasteiger partial charge in [0.15, 0.2) is 0 Å². The second-order valence-electron chi connectivity index (χ2n) is 5.37. The maximum Gasteiger partial charge on any atom is 0.106 e. The molecule has 1 aliphatic heterocycles. The molecule has 1 aromatic heterocycles. The maximum absolute atomic E-state index is 10.7. The molecule has 0 aliphatic carbocycles. The van der Waals surface area contributed by atoms with Gasteiger partial charge in [-0.3, -0.25) is 4.98 Å². The summed E-state index contributed by atoms with van der Waals surface area (Å²) in [5.41, 5.74) is 4.10. The zero-order valence-corrected chi connectivity index (χ0v) is 11.5. The van der Waals surface area contributed by atoms with Gasteiger partial charge in [-0.1, -0.05) is 42.5 Å². The van der Waals surface area contributed by atoms with E-state index in [1.165, 1.54) is 11.1 Å². The number of hydrogen-bond acceptors (Lipinski definition) is 3. The van der Waals surface area contributed by atoms with E-state index in [1.807, 2.05) is 48.7 Å². The second kappa shape index (κ2) is 4.95. The molecular formula is C18H15NO2. The molecule has 1 atom stereocenters. The number of nitrogens with zero attached hydrogens (tertiary/aromatic N) is 1. The van der Waals surface area contributed by atoms with Crippen molar-refractivity contribution >= 4 is 10.8 Å². The van der Waals surface area contributed by atoms with Crippen LogP contribution in [0.4, 0.5) is 0 Å². The second-order valence-corrected chi connectivity index (χ2v) is 5.37. The van der Waals surface area contributed by atoms with Crippen molar-refractivity contribution in [1.29, 1.82) is 0 Å². The Morgan fingerprint density at radius 2 is 1.86 bits per heavy atom. The first-order valence-corrected chi connectivity index (χ1v) is 7.03. The molecule has 1 unspecified atom stereocenters. The van der Waals surface area contributed by atoms with Crippen LogP contribution in [0.25, 0.3) is 10.8 Å². The third-order valence-electron chi connectivity index (χ3n) is 4.05. The number of aliphatic hydroxyl groups excluding tert-OH is 1. The molecule has 0 radical (unpaired) electrons. The van der Waals surface area contributed by atoms with E-state index in [1.54, 1.807) is 6.20 Å². The Balaban J connectivity index is 1.81. The Kier molecular flexibility index (Phi) is 2.95. The van der Waals surface area contributed by atoms with E-state index in [0.29, 0.717) is 13.2 Å². The molecule has 0 saturated heterocycles. The van der Waals surface area contributed by atoms with E-state index < -0.39 is 6.10 Å². The molecule has 1 N–H and O–H groups in total. The first kappa shape index (κ1) is 12.5. The molecule has 21 heavy (non-hydrogen) atoms. The predicted octanol–water partition coefficient (Wildman–Crippen LogP) is 3.35. The van der Waals surface area contributed by atoms with Crippen molar-refractivity contribution in [2.75, 3.05) is 0 Å². The molecule has 0 saturated carbocycles. The summed E-state index contributed by atoms with van der Waals surface area (Å²) < 4.78 is 5.43. The number of aromatic nitrogens is 1. The number of benzene rings is 2. The van der Waals surface area contributed by atoms with Gasteiger partial charge in [0.1, 0.15) is 6.10 Å². The summed E-state index contributed by atoms with van der Waals surface area (Å²) in [6.45, 7) is 1.30. The van der Waals surface area contributed by atoms with Crippen molar-refractivity contribution in [2.45, 2.75) is 19.3 Å². The molecular weight excluding hydrogens is 262 g/mol. The molecule has 3 aromatic rings. The quantitative estimate of drug-likeness (QED) is 0.781. The summed E-state index contributed by atoms with van der Waals surface area (Å²) in [6, 6.07) is 14.0. The highest BCUT2D eigenvalue weighted by atomic mass is 16.5. The largest absolute Gasteiger partial charge is 0.384 e. The monoisotopic (exact) mass is 277 g/mol. The summed E-state index contributed by atoms with van der Waals surface area (Å²) in [4.78, 5) is 4.25. The van der Waals surface area contributed by atoms with E-state index in [4.69, 9.17) is 4.74 Å². The third kappa shape index (κ3) is 2.11. The zero-order chi connectivity index (χ0) is 14.2. The fourth-order valence-corrected chi connectivity index (χ4v) is 2.90. The summed E-state index contributed by atoms with van der Waals surface area (Å²) >= 11 is 0. The lowest BCUT2D eigenvalue weighted by Crippen LogP contribution is -2.02. The lowest BCUT2D eigenvalue weighted by atomic mass is 9.96. The van der Waals surface area contributed by atoms with Crippen LogP contribution in [-0.2, 0) is 18.0 Å². The van der Waals surface area contributed by atoms with Gasteiger partial charge < -0.3 is 9.84 Å². The maximum atomic E-state index is 10.7. The molecule has 4 rings (SSSR count). The normalized spacial score (nSPS) is 15.1. The van der Waals surface area contributed by atoms with Gasteiger partial charge in [0.05, 0.1) is 13.2 Å². The zero-order valence-electron chi connectivity index (χ0n) is 11.5. The van der Waals surface area contributed by atoms with Crippen LogP contribution in [0.5, 0.6) is 0 Å². The van der Waals surface area contributed by atoms with E-state index >= 15 is 0 Å². The molecule has 2 heterocycles. The highest BCUT2D eigenvalue weighted by molar-refractivity contribution is 5.85. The Hall–Kier alpha value is -2.23. The van der Waals surface area contributed by atoms with Crippen LogP contribution < -0.4 is 0 Å². The molecule has 0 bridgehead atoms. The number of ether oxygens (including phenoxy) is 1. The van der Waals surface area contributed by atoms with Crippen molar-refractivity contribution in [3.63, 3.8) is 0 Å². The smallest absolute Gasteiger partial charge is 0.106 e. The van der Waals surface area contributed by atoms with Crippen molar-refractivity contribution in [1.82, 2.24) is 4.98 Å². The van der Waals surface area contributed by atoms with Crippen molar-refractivity contribution in [3.05, 3.63) is 77.1 Å². The lowest BCUT2D eigenvalue weighted by Gasteiger charge is -2.14. The van der Waals surface area contributed by atoms with E-state index in [9.17, 15) is 5.11 Å². The highest BCUT2D eigenvalue weighted by Crippen LogP contribution is 2.30. The minimum atomic E-state index is -0.672. The topological polar surface area (TPSA) is 42.4 Å². The van der Waals surface area contributed by atoms with Gasteiger partial charge >= 0.3 is 0 Å². The van der Waals surface area contributed by atoms with E-state index in [0.717, 1.165) is 21.9 Å². The van der Waals surface area contributed by atoms with Crippen molar-refractivity contribution in [3.8, 4) is 0 Å².